The summed E-state index contributed by atoms with van der Waals surface area (Å²) in [7, 11) is -3.83. The topological polar surface area (TPSA) is 86.8 Å². The Morgan fingerprint density at radius 3 is 1.98 bits per heavy atom. The van der Waals surface area contributed by atoms with Gasteiger partial charge in [0.15, 0.2) is 0 Å². The van der Waals surface area contributed by atoms with E-state index in [0.29, 0.717) is 18.7 Å². The molecule has 1 unspecified atom stereocenters. The van der Waals surface area contributed by atoms with Gasteiger partial charge < -0.3 is 10.2 Å². The Morgan fingerprint density at radius 1 is 0.854 bits per heavy atom. The fraction of sp³-hybridized carbons (Fsp3) is 0.487. The molecule has 4 aliphatic carbocycles. The summed E-state index contributed by atoms with van der Waals surface area (Å²) in [5, 5.41) is 3.04. The lowest BCUT2D eigenvalue weighted by Gasteiger charge is -2.57. The van der Waals surface area contributed by atoms with Crippen LogP contribution >= 0.6 is 15.9 Å². The van der Waals surface area contributed by atoms with Crippen LogP contribution in [0.2, 0.25) is 0 Å². The normalized spacial score (nSPS) is 23.6. The zero-order chi connectivity index (χ0) is 34.1. The number of benzene rings is 3. The summed E-state index contributed by atoms with van der Waals surface area (Å²) in [6, 6.07) is 24.4. The van der Waals surface area contributed by atoms with E-state index >= 15 is 0 Å². The van der Waals surface area contributed by atoms with Crippen LogP contribution in [0.5, 0.6) is 0 Å². The van der Waals surface area contributed by atoms with E-state index in [1.165, 1.54) is 48.4 Å². The van der Waals surface area contributed by atoms with E-state index in [0.717, 1.165) is 39.6 Å². The molecule has 4 aliphatic rings. The first-order chi connectivity index (χ1) is 22.9. The van der Waals surface area contributed by atoms with Gasteiger partial charge >= 0.3 is 0 Å². The van der Waals surface area contributed by atoms with E-state index in [2.05, 4.69) is 33.4 Å². The number of hydrogen-bond donors (Lipinski definition) is 1. The van der Waals surface area contributed by atoms with Crippen LogP contribution < -0.4 is 9.62 Å². The molecule has 0 aromatic heterocycles. The number of rotatable bonds is 13. The number of nitrogens with zero attached hydrogens (tertiary/aromatic N) is 2. The summed E-state index contributed by atoms with van der Waals surface area (Å²) >= 11 is 3.48. The summed E-state index contributed by atoms with van der Waals surface area (Å²) < 4.78 is 28.8. The van der Waals surface area contributed by atoms with Crippen LogP contribution in [0.4, 0.5) is 5.69 Å². The Labute approximate surface area is 294 Å². The van der Waals surface area contributed by atoms with Crippen molar-refractivity contribution in [2.45, 2.75) is 76.8 Å². The van der Waals surface area contributed by atoms with Crippen molar-refractivity contribution in [3.05, 3.63) is 100 Å². The number of halogens is 1. The molecule has 9 heteroatoms. The van der Waals surface area contributed by atoms with E-state index in [4.69, 9.17) is 0 Å². The van der Waals surface area contributed by atoms with Crippen LogP contribution in [0.15, 0.2) is 83.3 Å². The molecule has 256 valence electrons. The molecule has 48 heavy (non-hydrogen) atoms. The van der Waals surface area contributed by atoms with Gasteiger partial charge in [-0.05, 0) is 109 Å². The molecule has 1 N–H and O–H groups in total. The second-order valence-electron chi connectivity index (χ2n) is 15.0. The van der Waals surface area contributed by atoms with Crippen molar-refractivity contribution in [3.63, 3.8) is 0 Å². The first-order valence-corrected chi connectivity index (χ1v) is 20.0. The van der Waals surface area contributed by atoms with E-state index in [1.807, 2.05) is 80.6 Å². The molecule has 1 atom stereocenters. The van der Waals surface area contributed by atoms with Crippen LogP contribution in [0.25, 0.3) is 0 Å². The molecule has 2 amide bonds. The highest BCUT2D eigenvalue weighted by atomic mass is 79.9. The minimum Gasteiger partial charge on any atom is -0.354 e. The Hall–Kier alpha value is -3.17. The fourth-order valence-electron chi connectivity index (χ4n) is 8.82. The molecule has 4 saturated carbocycles. The first kappa shape index (κ1) is 34.7. The van der Waals surface area contributed by atoms with E-state index in [1.54, 1.807) is 4.90 Å². The summed E-state index contributed by atoms with van der Waals surface area (Å²) in [5.74, 6) is 1.94. The number of carbonyl (C=O) groups excluding carboxylic acids is 2. The molecule has 3 aromatic carbocycles. The standard InChI is InChI=1S/C39H48BrN3O4S/c1-27(2)24-41-38(45)36(20-28-7-5-4-6-8-28)42(25-29-9-13-34(40)14-10-29)37(44)26-43(48(3,46)47)35-15-11-33(12-16-35)39-21-30-17-31(22-39)19-32(18-30)23-39/h4-16,27,30-32,36H,17-26H2,1-3H3,(H,41,45). The SMILES string of the molecule is CC(C)CNC(=O)C(Cc1ccccc1)N(Cc1ccc(Br)cc1)C(=O)CN(c1ccc(C23CC4CC(CC(C4)C2)C3)cc1)S(C)(=O)=O. The Morgan fingerprint density at radius 2 is 1.44 bits per heavy atom. The smallest absolute Gasteiger partial charge is 0.244 e. The molecular weight excluding hydrogens is 686 g/mol. The lowest BCUT2D eigenvalue weighted by molar-refractivity contribution is -0.140. The van der Waals surface area contributed by atoms with Gasteiger partial charge in [-0.25, -0.2) is 8.42 Å². The van der Waals surface area contributed by atoms with Crippen LogP contribution in [-0.2, 0) is 38.0 Å². The second kappa shape index (κ2) is 14.4. The second-order valence-corrected chi connectivity index (χ2v) is 17.8. The highest BCUT2D eigenvalue weighted by Gasteiger charge is 2.51. The third-order valence-electron chi connectivity index (χ3n) is 10.7. The first-order valence-electron chi connectivity index (χ1n) is 17.3. The van der Waals surface area contributed by atoms with Gasteiger partial charge in [0.05, 0.1) is 11.9 Å². The lowest BCUT2D eigenvalue weighted by atomic mass is 9.48. The van der Waals surface area contributed by atoms with Crippen molar-refractivity contribution < 1.29 is 18.0 Å². The largest absolute Gasteiger partial charge is 0.354 e. The van der Waals surface area contributed by atoms with Gasteiger partial charge in [-0.3, -0.25) is 13.9 Å². The van der Waals surface area contributed by atoms with Crippen molar-refractivity contribution in [2.75, 3.05) is 23.7 Å². The van der Waals surface area contributed by atoms with Gasteiger partial charge in [0, 0.05) is 24.0 Å². The van der Waals surface area contributed by atoms with Crippen LogP contribution in [0.1, 0.15) is 69.1 Å². The van der Waals surface area contributed by atoms with Gasteiger partial charge in [-0.2, -0.15) is 0 Å². The van der Waals surface area contributed by atoms with Crippen molar-refractivity contribution >= 4 is 43.5 Å². The minimum atomic E-state index is -3.83. The van der Waals surface area contributed by atoms with E-state index < -0.39 is 28.5 Å². The molecule has 0 spiro atoms. The molecule has 4 fully saturated rings. The zero-order valence-corrected chi connectivity index (χ0v) is 30.7. The van der Waals surface area contributed by atoms with Gasteiger partial charge in [-0.15, -0.1) is 0 Å². The predicted molar refractivity (Wildman–Crippen MR) is 195 cm³/mol. The van der Waals surface area contributed by atoms with Gasteiger partial charge in [0.1, 0.15) is 12.6 Å². The molecule has 0 radical (unpaired) electrons. The van der Waals surface area contributed by atoms with Gasteiger partial charge in [0.2, 0.25) is 21.8 Å². The average molecular weight is 735 g/mol. The monoisotopic (exact) mass is 733 g/mol. The summed E-state index contributed by atoms with van der Waals surface area (Å²) in [6.45, 7) is 4.26. The minimum absolute atomic E-state index is 0.154. The summed E-state index contributed by atoms with van der Waals surface area (Å²) in [5.41, 5.74) is 3.70. The van der Waals surface area contributed by atoms with Crippen molar-refractivity contribution in [2.24, 2.45) is 23.7 Å². The fourth-order valence-corrected chi connectivity index (χ4v) is 9.94. The third kappa shape index (κ3) is 7.99. The Kier molecular flexibility index (Phi) is 10.4. The molecule has 7 nitrogen and oxygen atoms in total. The van der Waals surface area contributed by atoms with Gasteiger partial charge in [0.25, 0.3) is 0 Å². The zero-order valence-electron chi connectivity index (χ0n) is 28.3. The predicted octanol–water partition coefficient (Wildman–Crippen LogP) is 7.10. The maximum absolute atomic E-state index is 14.4. The van der Waals surface area contributed by atoms with Crippen molar-refractivity contribution in [1.82, 2.24) is 10.2 Å². The van der Waals surface area contributed by atoms with Crippen LogP contribution in [0, 0.1) is 23.7 Å². The maximum atomic E-state index is 14.4. The van der Waals surface area contributed by atoms with E-state index in [9.17, 15) is 18.0 Å². The molecule has 0 aliphatic heterocycles. The molecule has 0 saturated heterocycles. The van der Waals surface area contributed by atoms with Crippen molar-refractivity contribution in [3.8, 4) is 0 Å². The molecule has 7 rings (SSSR count). The average Bonchev–Trinajstić information content (AvgIpc) is 3.04. The van der Waals surface area contributed by atoms with Gasteiger partial charge in [-0.1, -0.05) is 84.4 Å². The number of nitrogens with one attached hydrogen (secondary N) is 1. The number of anilines is 1. The lowest BCUT2D eigenvalue weighted by Crippen LogP contribution is -2.53. The highest BCUT2D eigenvalue weighted by Crippen LogP contribution is 2.60. The van der Waals surface area contributed by atoms with E-state index in [-0.39, 0.29) is 23.8 Å². The highest BCUT2D eigenvalue weighted by molar-refractivity contribution is 9.10. The molecule has 3 aromatic rings. The summed E-state index contributed by atoms with van der Waals surface area (Å²) in [4.78, 5) is 29.8. The number of hydrogen-bond acceptors (Lipinski definition) is 4. The maximum Gasteiger partial charge on any atom is 0.244 e. The third-order valence-corrected chi connectivity index (χ3v) is 12.4. The van der Waals surface area contributed by atoms with Crippen LogP contribution in [0.3, 0.4) is 0 Å². The number of sulfonamides is 1. The number of amides is 2. The summed E-state index contributed by atoms with van der Waals surface area (Å²) in [6.07, 6.45) is 9.18. The Bertz CT molecular complexity index is 1660. The molecule has 0 heterocycles. The molecular formula is C39H48BrN3O4S. The van der Waals surface area contributed by atoms with Crippen molar-refractivity contribution in [1.29, 1.82) is 0 Å². The van der Waals surface area contributed by atoms with Crippen LogP contribution in [-0.4, -0.2) is 50.5 Å². The Balaban J connectivity index is 1.30. The molecule has 4 bridgehead atoms. The quantitative estimate of drug-likeness (QED) is 0.203. The number of carbonyl (C=O) groups is 2.